The largest absolute Gasteiger partial charge is 0.490 e. The van der Waals surface area contributed by atoms with E-state index in [0.29, 0.717) is 19.3 Å². The van der Waals surface area contributed by atoms with Crippen LogP contribution in [0.3, 0.4) is 0 Å². The smallest absolute Gasteiger partial charge is 0.373 e. The summed E-state index contributed by atoms with van der Waals surface area (Å²) in [5.41, 5.74) is 0.435. The molecule has 10 heteroatoms. The Morgan fingerprint density at radius 1 is 1.11 bits per heavy atom. The zero-order chi connectivity index (χ0) is 35.3. The molecule has 46 heavy (non-hydrogen) atoms. The summed E-state index contributed by atoms with van der Waals surface area (Å²) in [7, 11) is -0.554. The van der Waals surface area contributed by atoms with Crippen LogP contribution in [0.4, 0.5) is 0 Å². The second kappa shape index (κ2) is 18.5. The summed E-state index contributed by atoms with van der Waals surface area (Å²) in [6.07, 6.45) is 17.4. The van der Waals surface area contributed by atoms with Crippen molar-refractivity contribution in [3.63, 3.8) is 0 Å². The van der Waals surface area contributed by atoms with E-state index in [1.165, 1.54) is 13.2 Å². The number of nitrogens with one attached hydrogen (secondary N) is 2. The number of carbonyl (C=O) groups is 3. The third-order valence-electron chi connectivity index (χ3n) is 8.13. The number of amides is 2. The van der Waals surface area contributed by atoms with E-state index in [-0.39, 0.29) is 40.7 Å². The average Bonchev–Trinajstić information content (AvgIpc) is 2.93. The minimum absolute atomic E-state index is 0.00193. The molecule has 0 unspecified atom stereocenters. The molecule has 0 radical (unpaired) electrons. The van der Waals surface area contributed by atoms with Gasteiger partial charge >= 0.3 is 5.97 Å². The van der Waals surface area contributed by atoms with Gasteiger partial charge in [-0.1, -0.05) is 102 Å². The van der Waals surface area contributed by atoms with Crippen LogP contribution in [-0.4, -0.2) is 51.5 Å². The van der Waals surface area contributed by atoms with Crippen molar-refractivity contribution in [1.82, 2.24) is 10.6 Å². The fraction of sp³-hybridized carbons (Fsp3) is 0.583. The van der Waals surface area contributed by atoms with E-state index in [4.69, 9.17) is 25.5 Å². The standard InChI is InChI=1S/C36H57ClN2O6Si/c1-25(24-26(2)29-21-22-30(43-10)34(42)44-29)16-13-14-18-31(40)39-32(35(4,5)6)33(41)38-23-15-17-28(20-19-27(3)37)45-46(11,12)36(7,8)9/h13-16,18-19,22-24,26,28-29,32H,17,20-21H2,1-12H3,(H,38,41)(H,39,40)/b16-13-,18-14+,23-15-,25-24+,27-19+/t26-,28+,29-,32+/m0/s1. The van der Waals surface area contributed by atoms with Crippen molar-refractivity contribution in [1.29, 1.82) is 0 Å². The van der Waals surface area contributed by atoms with Gasteiger partial charge < -0.3 is 24.5 Å². The van der Waals surface area contributed by atoms with Crippen molar-refractivity contribution in [2.45, 2.75) is 118 Å². The summed E-state index contributed by atoms with van der Waals surface area (Å²) in [4.78, 5) is 37.8. The molecule has 8 nitrogen and oxygen atoms in total. The number of ether oxygens (including phenoxy) is 2. The van der Waals surface area contributed by atoms with E-state index < -0.39 is 25.7 Å². The van der Waals surface area contributed by atoms with Crippen molar-refractivity contribution >= 4 is 37.7 Å². The highest BCUT2D eigenvalue weighted by atomic mass is 35.5. The van der Waals surface area contributed by atoms with Crippen molar-refractivity contribution < 1.29 is 28.3 Å². The molecule has 0 aromatic rings. The molecule has 0 aliphatic carbocycles. The summed E-state index contributed by atoms with van der Waals surface area (Å²) in [5.74, 6) is -0.899. The average molecular weight is 677 g/mol. The highest BCUT2D eigenvalue weighted by molar-refractivity contribution is 6.74. The van der Waals surface area contributed by atoms with Gasteiger partial charge in [0.1, 0.15) is 12.1 Å². The molecule has 1 rings (SSSR count). The fourth-order valence-electron chi connectivity index (χ4n) is 4.36. The number of rotatable bonds is 15. The molecule has 2 N–H and O–H groups in total. The molecular weight excluding hydrogens is 620 g/mol. The summed E-state index contributed by atoms with van der Waals surface area (Å²) in [6, 6.07) is -0.757. The maximum Gasteiger partial charge on any atom is 0.373 e. The molecule has 0 aromatic heterocycles. The van der Waals surface area contributed by atoms with Gasteiger partial charge in [-0.25, -0.2) is 4.79 Å². The first-order valence-corrected chi connectivity index (χ1v) is 19.2. The number of allylic oxidation sites excluding steroid dienone is 5. The van der Waals surface area contributed by atoms with Gasteiger partial charge in [-0.05, 0) is 62.5 Å². The molecule has 1 heterocycles. The first-order chi connectivity index (χ1) is 21.2. The molecule has 0 spiro atoms. The lowest BCUT2D eigenvalue weighted by Crippen LogP contribution is -2.52. The molecular formula is C36H57ClN2O6Si. The molecule has 1 aliphatic heterocycles. The Kier molecular flexibility index (Phi) is 16.5. The van der Waals surface area contributed by atoms with Crippen LogP contribution in [0, 0.1) is 11.3 Å². The van der Waals surface area contributed by atoms with Crippen LogP contribution in [-0.2, 0) is 28.3 Å². The number of cyclic esters (lactones) is 1. The van der Waals surface area contributed by atoms with Crippen molar-refractivity contribution in [2.75, 3.05) is 7.11 Å². The number of methoxy groups -OCH3 is 1. The van der Waals surface area contributed by atoms with Gasteiger partial charge in [0.05, 0.1) is 13.2 Å². The number of halogens is 1. The molecule has 0 fully saturated rings. The molecule has 0 saturated heterocycles. The van der Waals surface area contributed by atoms with Crippen molar-refractivity contribution in [2.24, 2.45) is 11.3 Å². The van der Waals surface area contributed by atoms with Gasteiger partial charge in [-0.2, -0.15) is 0 Å². The van der Waals surface area contributed by atoms with E-state index in [0.717, 1.165) is 10.6 Å². The number of hydrogen-bond donors (Lipinski definition) is 2. The Hall–Kier alpha value is -2.88. The SMILES string of the molecule is COC1=CC[C@@H]([C@@H](C)/C=C(C)/C=C\C=C\C(=O)N[C@H](C(=O)N/C=C\C[C@H](C/C=C(\C)Cl)O[Si](C)(C)C(C)(C)C)C(C)(C)C)OC1=O. The van der Waals surface area contributed by atoms with E-state index in [9.17, 15) is 14.4 Å². The highest BCUT2D eigenvalue weighted by Crippen LogP contribution is 2.38. The predicted octanol–water partition coefficient (Wildman–Crippen LogP) is 8.00. The first-order valence-electron chi connectivity index (χ1n) is 15.9. The van der Waals surface area contributed by atoms with E-state index >= 15 is 0 Å². The zero-order valence-electron chi connectivity index (χ0n) is 30.0. The lowest BCUT2D eigenvalue weighted by Gasteiger charge is -2.39. The second-order valence-electron chi connectivity index (χ2n) is 14.4. The third kappa shape index (κ3) is 14.7. The molecule has 1 aliphatic rings. The fourth-order valence-corrected chi connectivity index (χ4v) is 5.82. The lowest BCUT2D eigenvalue weighted by atomic mass is 9.86. The maximum atomic E-state index is 13.1. The monoisotopic (exact) mass is 676 g/mol. The molecule has 0 aromatic carbocycles. The Morgan fingerprint density at radius 3 is 2.28 bits per heavy atom. The summed E-state index contributed by atoms with van der Waals surface area (Å²) >= 11 is 6.09. The predicted molar refractivity (Wildman–Crippen MR) is 190 cm³/mol. The van der Waals surface area contributed by atoms with Crippen molar-refractivity contribution in [3.05, 3.63) is 71.2 Å². The van der Waals surface area contributed by atoms with Gasteiger partial charge in [-0.3, -0.25) is 9.59 Å². The quantitative estimate of drug-likeness (QED) is 0.0789. The molecule has 258 valence electrons. The van der Waals surface area contributed by atoms with Crippen LogP contribution in [0.15, 0.2) is 71.2 Å². The molecule has 0 bridgehead atoms. The van der Waals surface area contributed by atoms with Crippen LogP contribution in [0.2, 0.25) is 18.1 Å². The van der Waals surface area contributed by atoms with E-state index in [1.807, 2.05) is 65.8 Å². The molecule has 4 atom stereocenters. The van der Waals surface area contributed by atoms with Crippen LogP contribution < -0.4 is 10.6 Å². The Balaban J connectivity index is 2.79. The first kappa shape index (κ1) is 41.1. The van der Waals surface area contributed by atoms with Gasteiger partial charge in [-0.15, -0.1) is 0 Å². The summed E-state index contributed by atoms with van der Waals surface area (Å²) in [5, 5.41) is 6.46. The minimum atomic E-state index is -2.00. The van der Waals surface area contributed by atoms with Gasteiger partial charge in [0, 0.05) is 23.4 Å². The topological polar surface area (TPSA) is 103 Å². The Bertz CT molecular complexity index is 1230. The molecule has 2 amide bonds. The van der Waals surface area contributed by atoms with Crippen LogP contribution in [0.1, 0.15) is 81.6 Å². The van der Waals surface area contributed by atoms with E-state index in [1.54, 1.807) is 24.4 Å². The highest BCUT2D eigenvalue weighted by Gasteiger charge is 2.39. The lowest BCUT2D eigenvalue weighted by molar-refractivity contribution is -0.151. The molecule has 0 saturated carbocycles. The number of carbonyl (C=O) groups excluding carboxylic acids is 3. The summed E-state index contributed by atoms with van der Waals surface area (Å²) < 4.78 is 17.1. The Labute approximate surface area is 283 Å². The van der Waals surface area contributed by atoms with Gasteiger partial charge in [0.2, 0.25) is 11.8 Å². The van der Waals surface area contributed by atoms with Gasteiger partial charge in [0.25, 0.3) is 0 Å². The summed E-state index contributed by atoms with van der Waals surface area (Å²) in [6.45, 7) is 22.5. The van der Waals surface area contributed by atoms with Crippen LogP contribution >= 0.6 is 11.6 Å². The number of esters is 1. The minimum Gasteiger partial charge on any atom is -0.490 e. The van der Waals surface area contributed by atoms with Crippen LogP contribution in [0.5, 0.6) is 0 Å². The third-order valence-corrected chi connectivity index (χ3v) is 12.8. The Morgan fingerprint density at radius 2 is 1.74 bits per heavy atom. The zero-order valence-corrected chi connectivity index (χ0v) is 31.7. The number of hydrogen-bond acceptors (Lipinski definition) is 6. The van der Waals surface area contributed by atoms with Crippen molar-refractivity contribution in [3.8, 4) is 0 Å². The van der Waals surface area contributed by atoms with Crippen LogP contribution in [0.25, 0.3) is 0 Å². The second-order valence-corrected chi connectivity index (χ2v) is 19.8. The van der Waals surface area contributed by atoms with E-state index in [2.05, 4.69) is 44.5 Å². The maximum absolute atomic E-state index is 13.1. The van der Waals surface area contributed by atoms with Gasteiger partial charge in [0.15, 0.2) is 14.1 Å². The normalized spacial score (nSPS) is 19.2.